The Bertz CT molecular complexity index is 1170. The molecule has 1 aliphatic heterocycles. The van der Waals surface area contributed by atoms with E-state index in [0.717, 1.165) is 13.1 Å². The number of amides is 1. The van der Waals surface area contributed by atoms with Gasteiger partial charge in [0.2, 0.25) is 5.91 Å². The molecular weight excluding hydrogens is 442 g/mol. The average Bonchev–Trinajstić information content (AvgIpc) is 3.14. The Labute approximate surface area is 186 Å². The van der Waals surface area contributed by atoms with Gasteiger partial charge in [-0.15, -0.1) is 8.78 Å². The summed E-state index contributed by atoms with van der Waals surface area (Å²) < 4.78 is 31.8. The number of nitrogens with zero attached hydrogens (tertiary/aromatic N) is 4. The van der Waals surface area contributed by atoms with Crippen LogP contribution in [0.4, 0.5) is 14.6 Å². The molecule has 2 aromatic heterocycles. The zero-order valence-corrected chi connectivity index (χ0v) is 17.4. The number of pyridine rings is 1. The number of hydrogen-bond acceptors (Lipinski definition) is 6. The Kier molecular flexibility index (Phi) is 4.79. The monoisotopic (exact) mass is 460 g/mol. The highest BCUT2D eigenvalue weighted by Gasteiger charge is 2.54. The molecule has 0 spiro atoms. The highest BCUT2D eigenvalue weighted by molar-refractivity contribution is 6.20. The molecule has 1 saturated heterocycles. The predicted octanol–water partition coefficient (Wildman–Crippen LogP) is 2.59. The van der Waals surface area contributed by atoms with Crippen LogP contribution in [0, 0.1) is 11.8 Å². The molecule has 0 bridgehead atoms. The fraction of sp³-hybridized carbons (Fsp3) is 0.286. The number of carbonyl (C=O) groups excluding carboxylic acids is 1. The lowest BCUT2D eigenvalue weighted by molar-refractivity contribution is -0.0964. The fourth-order valence-corrected chi connectivity index (χ4v) is 4.37. The molecule has 3 heterocycles. The van der Waals surface area contributed by atoms with Crippen molar-refractivity contribution in [1.82, 2.24) is 14.8 Å². The maximum atomic E-state index is 12.9. The minimum Gasteiger partial charge on any atom is -0.420 e. The number of aromatic nitrogens is 3. The van der Waals surface area contributed by atoms with E-state index >= 15 is 0 Å². The van der Waals surface area contributed by atoms with E-state index in [1.807, 2.05) is 0 Å². The quantitative estimate of drug-likeness (QED) is 0.547. The molecule has 2 atom stereocenters. The van der Waals surface area contributed by atoms with Crippen LogP contribution in [-0.2, 0) is 0 Å². The summed E-state index contributed by atoms with van der Waals surface area (Å²) in [5, 5.41) is 4.36. The first-order valence-electron chi connectivity index (χ1n) is 9.92. The van der Waals surface area contributed by atoms with Crippen molar-refractivity contribution in [2.45, 2.75) is 11.6 Å². The molecule has 11 heteroatoms. The second-order valence-electron chi connectivity index (χ2n) is 7.94. The number of piperidine rings is 1. The zero-order chi connectivity index (χ0) is 22.6. The molecule has 166 valence electrons. The van der Waals surface area contributed by atoms with E-state index < -0.39 is 11.5 Å². The number of rotatable bonds is 6. The van der Waals surface area contributed by atoms with Crippen molar-refractivity contribution in [3.63, 3.8) is 0 Å². The third-order valence-corrected chi connectivity index (χ3v) is 6.02. The largest absolute Gasteiger partial charge is 0.487 e. The van der Waals surface area contributed by atoms with Crippen LogP contribution in [-0.4, -0.2) is 45.4 Å². The van der Waals surface area contributed by atoms with E-state index in [1.54, 1.807) is 35.1 Å². The maximum Gasteiger partial charge on any atom is 0.487 e. The summed E-state index contributed by atoms with van der Waals surface area (Å²) in [7, 11) is 0. The number of fused-ring (bicyclic) bond motifs is 1. The molecule has 2 unspecified atom stereocenters. The molecule has 2 fully saturated rings. The topological polar surface area (TPSA) is 112 Å². The van der Waals surface area contributed by atoms with Gasteiger partial charge in [-0.2, -0.15) is 5.10 Å². The number of anilines is 1. The van der Waals surface area contributed by atoms with Crippen molar-refractivity contribution in [2.75, 3.05) is 18.0 Å². The molecule has 5 rings (SSSR count). The van der Waals surface area contributed by atoms with Crippen molar-refractivity contribution < 1.29 is 18.3 Å². The van der Waals surface area contributed by atoms with E-state index in [-0.39, 0.29) is 17.4 Å². The van der Waals surface area contributed by atoms with E-state index in [2.05, 4.69) is 19.7 Å². The van der Waals surface area contributed by atoms with Crippen LogP contribution in [0.15, 0.2) is 48.8 Å². The standard InChI is InChI=1S/C21H19ClF2N6O2/c22-21(23,24)32-13-3-1-12(2-4-13)30-17(5-6-28-30)14-7-11(19(26)31)8-27-20(14)29-9-15-16(10-29)18(15)25/h1-8,15-16,18H,9-10,25H2,(H2,26,31). The Hall–Kier alpha value is -3.24. The number of primary amides is 1. The summed E-state index contributed by atoms with van der Waals surface area (Å²) in [6.07, 6.45) is 3.06. The lowest BCUT2D eigenvalue weighted by Crippen LogP contribution is -2.29. The molecule has 1 aliphatic carbocycles. The van der Waals surface area contributed by atoms with Gasteiger partial charge in [-0.05, 0) is 48.2 Å². The van der Waals surface area contributed by atoms with Crippen LogP contribution in [0.5, 0.6) is 5.75 Å². The van der Waals surface area contributed by atoms with Crippen LogP contribution in [0.3, 0.4) is 0 Å². The minimum absolute atomic E-state index is 0.0897. The van der Waals surface area contributed by atoms with Crippen molar-refractivity contribution in [1.29, 1.82) is 0 Å². The summed E-state index contributed by atoms with van der Waals surface area (Å²) in [4.78, 5) is 18.5. The molecule has 8 nitrogen and oxygen atoms in total. The van der Waals surface area contributed by atoms with Gasteiger partial charge < -0.3 is 21.1 Å². The van der Waals surface area contributed by atoms with Crippen molar-refractivity contribution >= 4 is 23.3 Å². The predicted molar refractivity (Wildman–Crippen MR) is 114 cm³/mol. The van der Waals surface area contributed by atoms with Crippen LogP contribution in [0.2, 0.25) is 0 Å². The molecule has 2 aliphatic rings. The molecule has 4 N–H and O–H groups in total. The first-order chi connectivity index (χ1) is 15.2. The molecular formula is C21H19ClF2N6O2. The van der Waals surface area contributed by atoms with E-state index in [0.29, 0.717) is 34.6 Å². The molecule has 1 saturated carbocycles. The summed E-state index contributed by atoms with van der Waals surface area (Å²) in [5.74, 6) is 0.910. The van der Waals surface area contributed by atoms with Gasteiger partial charge in [-0.3, -0.25) is 4.79 Å². The Morgan fingerprint density at radius 3 is 2.50 bits per heavy atom. The summed E-state index contributed by atoms with van der Waals surface area (Å²) in [5.41, 5.74) is 9.97. The molecule has 1 aromatic carbocycles. The highest BCUT2D eigenvalue weighted by atomic mass is 35.5. The third kappa shape index (κ3) is 3.76. The number of ether oxygens (including phenoxy) is 1. The first kappa shape index (κ1) is 20.7. The molecule has 1 amide bonds. The molecule has 3 aromatic rings. The first-order valence-corrected chi connectivity index (χ1v) is 10.3. The van der Waals surface area contributed by atoms with Crippen molar-refractivity contribution in [3.8, 4) is 22.7 Å². The van der Waals surface area contributed by atoms with Gasteiger partial charge in [0, 0.05) is 42.5 Å². The molecule has 0 radical (unpaired) electrons. The number of hydrogen-bond donors (Lipinski definition) is 2. The van der Waals surface area contributed by atoms with Crippen LogP contribution < -0.4 is 21.1 Å². The Balaban J connectivity index is 1.52. The molecule has 32 heavy (non-hydrogen) atoms. The normalized spacial score (nSPS) is 22.0. The number of carbonyl (C=O) groups is 1. The van der Waals surface area contributed by atoms with Crippen LogP contribution >= 0.6 is 11.6 Å². The van der Waals surface area contributed by atoms with Gasteiger partial charge >= 0.3 is 5.57 Å². The number of benzene rings is 1. The van der Waals surface area contributed by atoms with Gasteiger partial charge in [0.25, 0.3) is 0 Å². The van der Waals surface area contributed by atoms with E-state index in [9.17, 15) is 13.6 Å². The van der Waals surface area contributed by atoms with Crippen molar-refractivity contribution in [3.05, 3.63) is 54.4 Å². The van der Waals surface area contributed by atoms with Gasteiger partial charge in [0.1, 0.15) is 11.6 Å². The summed E-state index contributed by atoms with van der Waals surface area (Å²) in [6, 6.07) is 9.58. The smallest absolute Gasteiger partial charge is 0.420 e. The van der Waals surface area contributed by atoms with Gasteiger partial charge in [-0.25, -0.2) is 9.67 Å². The summed E-state index contributed by atoms with van der Waals surface area (Å²) in [6.45, 7) is 1.57. The zero-order valence-electron chi connectivity index (χ0n) is 16.7. The fourth-order valence-electron chi connectivity index (χ4n) is 4.28. The SMILES string of the molecule is NC(=O)c1cnc(N2CC3C(N)C3C2)c(-c2ccnn2-c2ccc(OC(F)(F)Cl)cc2)c1. The number of halogens is 3. The van der Waals surface area contributed by atoms with E-state index in [4.69, 9.17) is 23.1 Å². The Morgan fingerprint density at radius 2 is 1.88 bits per heavy atom. The maximum absolute atomic E-state index is 12.9. The minimum atomic E-state index is -3.80. The van der Waals surface area contributed by atoms with Gasteiger partial charge in [0.15, 0.2) is 0 Å². The highest BCUT2D eigenvalue weighted by Crippen LogP contribution is 2.46. The van der Waals surface area contributed by atoms with Gasteiger partial charge in [0.05, 0.1) is 23.1 Å². The average molecular weight is 461 g/mol. The lowest BCUT2D eigenvalue weighted by atomic mass is 10.1. The third-order valence-electron chi connectivity index (χ3n) is 5.94. The van der Waals surface area contributed by atoms with E-state index in [1.165, 1.54) is 18.3 Å². The van der Waals surface area contributed by atoms with Crippen molar-refractivity contribution in [2.24, 2.45) is 23.3 Å². The van der Waals surface area contributed by atoms with Gasteiger partial charge in [-0.1, -0.05) is 0 Å². The van der Waals surface area contributed by atoms with Crippen LogP contribution in [0.25, 0.3) is 16.9 Å². The lowest BCUT2D eigenvalue weighted by Gasteiger charge is -2.23. The summed E-state index contributed by atoms with van der Waals surface area (Å²) >= 11 is 4.82. The second-order valence-corrected chi connectivity index (χ2v) is 8.38. The number of alkyl halides is 3. The number of nitrogens with two attached hydrogens (primary N) is 2. The Morgan fingerprint density at radius 1 is 1.19 bits per heavy atom. The second kappa shape index (κ2) is 7.42. The van der Waals surface area contributed by atoms with Crippen LogP contribution in [0.1, 0.15) is 10.4 Å².